The molecule has 1 unspecified atom stereocenters. The van der Waals surface area contributed by atoms with Gasteiger partial charge < -0.3 is 14.8 Å². The Hall–Kier alpha value is -1.15. The summed E-state index contributed by atoms with van der Waals surface area (Å²) < 4.78 is 35.0. The Kier molecular flexibility index (Phi) is 8.34. The van der Waals surface area contributed by atoms with E-state index in [0.29, 0.717) is 18.4 Å². The van der Waals surface area contributed by atoms with E-state index in [1.165, 1.54) is 6.42 Å². The molecule has 0 radical (unpaired) electrons. The molecule has 1 aromatic rings. The Labute approximate surface area is 160 Å². The van der Waals surface area contributed by atoms with E-state index in [0.717, 1.165) is 51.4 Å². The molecule has 2 heterocycles. The maximum atomic E-state index is 12.5. The van der Waals surface area contributed by atoms with Crippen LogP contribution >= 0.6 is 12.4 Å². The fraction of sp³-hybridized carbons (Fsp3) is 0.667. The second-order valence-corrected chi connectivity index (χ2v) is 6.56. The summed E-state index contributed by atoms with van der Waals surface area (Å²) in [6, 6.07) is 5.86. The van der Waals surface area contributed by atoms with Crippen molar-refractivity contribution in [1.82, 2.24) is 15.1 Å². The molecule has 148 valence electrons. The van der Waals surface area contributed by atoms with Crippen LogP contribution in [0.3, 0.4) is 0 Å². The Morgan fingerprint density at radius 2 is 1.96 bits per heavy atom. The molecule has 2 fully saturated rings. The van der Waals surface area contributed by atoms with E-state index in [4.69, 9.17) is 4.74 Å². The topological polar surface area (TPSA) is 37.0 Å². The highest BCUT2D eigenvalue weighted by molar-refractivity contribution is 5.85. The smallest absolute Gasteiger partial charge is 0.387 e. The van der Waals surface area contributed by atoms with Gasteiger partial charge in [0.05, 0.1) is 6.61 Å². The van der Waals surface area contributed by atoms with Gasteiger partial charge in [-0.25, -0.2) is 0 Å². The number of rotatable bonds is 7. The summed E-state index contributed by atoms with van der Waals surface area (Å²) in [7, 11) is 0. The number of nitrogens with one attached hydrogen (secondary N) is 1. The Morgan fingerprint density at radius 3 is 2.65 bits per heavy atom. The summed E-state index contributed by atoms with van der Waals surface area (Å²) in [5, 5.41) is 3.39. The quantitative estimate of drug-likeness (QED) is 0.773. The summed E-state index contributed by atoms with van der Waals surface area (Å²) >= 11 is 0. The number of likely N-dealkylation sites (tertiary alicyclic amines) is 1. The number of ether oxygens (including phenoxy) is 2. The van der Waals surface area contributed by atoms with E-state index in [1.54, 1.807) is 6.07 Å². The molecule has 0 aliphatic carbocycles. The van der Waals surface area contributed by atoms with Gasteiger partial charge in [-0.05, 0) is 31.0 Å². The van der Waals surface area contributed by atoms with Gasteiger partial charge in [-0.2, -0.15) is 8.78 Å². The summed E-state index contributed by atoms with van der Waals surface area (Å²) in [5.74, 6) is 0.485. The van der Waals surface area contributed by atoms with Gasteiger partial charge in [0.15, 0.2) is 11.5 Å². The van der Waals surface area contributed by atoms with Crippen molar-refractivity contribution >= 4 is 12.4 Å². The van der Waals surface area contributed by atoms with Crippen molar-refractivity contribution in [2.24, 2.45) is 0 Å². The predicted molar refractivity (Wildman–Crippen MR) is 99.6 cm³/mol. The highest BCUT2D eigenvalue weighted by atomic mass is 35.5. The van der Waals surface area contributed by atoms with E-state index in [-0.39, 0.29) is 18.2 Å². The van der Waals surface area contributed by atoms with Gasteiger partial charge in [-0.15, -0.1) is 12.4 Å². The average molecular weight is 392 g/mol. The van der Waals surface area contributed by atoms with Crippen molar-refractivity contribution in [1.29, 1.82) is 0 Å². The fourth-order valence-electron chi connectivity index (χ4n) is 3.67. The molecule has 1 N–H and O–H groups in total. The predicted octanol–water partition coefficient (Wildman–Crippen LogP) is 2.59. The lowest BCUT2D eigenvalue weighted by Gasteiger charge is -2.32. The molecule has 1 atom stereocenters. The van der Waals surface area contributed by atoms with Crippen molar-refractivity contribution in [2.45, 2.75) is 32.5 Å². The summed E-state index contributed by atoms with van der Waals surface area (Å²) in [6.07, 6.45) is 1.19. The van der Waals surface area contributed by atoms with E-state index >= 15 is 0 Å². The van der Waals surface area contributed by atoms with Crippen LogP contribution in [0.2, 0.25) is 0 Å². The van der Waals surface area contributed by atoms with E-state index < -0.39 is 6.61 Å². The third kappa shape index (κ3) is 5.67. The number of hydrogen-bond donors (Lipinski definition) is 1. The van der Waals surface area contributed by atoms with Crippen molar-refractivity contribution < 1.29 is 18.3 Å². The zero-order chi connectivity index (χ0) is 17.6. The van der Waals surface area contributed by atoms with Crippen molar-refractivity contribution in [2.75, 3.05) is 45.9 Å². The monoisotopic (exact) mass is 391 g/mol. The number of alkyl halides is 2. The molecule has 0 spiro atoms. The zero-order valence-corrected chi connectivity index (χ0v) is 15.9. The first-order valence-electron chi connectivity index (χ1n) is 9.03. The average Bonchev–Trinajstić information content (AvgIpc) is 3.06. The maximum Gasteiger partial charge on any atom is 0.387 e. The molecule has 2 aliphatic heterocycles. The van der Waals surface area contributed by atoms with Gasteiger partial charge in [-0.1, -0.05) is 6.07 Å². The minimum Gasteiger partial charge on any atom is -0.490 e. The molecule has 0 aromatic heterocycles. The van der Waals surface area contributed by atoms with Crippen LogP contribution in [0.1, 0.15) is 18.9 Å². The highest BCUT2D eigenvalue weighted by Crippen LogP contribution is 2.31. The molecular formula is C18H28ClF2N3O2. The number of benzene rings is 1. The van der Waals surface area contributed by atoms with E-state index in [1.807, 2.05) is 19.1 Å². The molecule has 2 saturated heterocycles. The zero-order valence-electron chi connectivity index (χ0n) is 15.1. The first kappa shape index (κ1) is 21.2. The third-order valence-corrected chi connectivity index (χ3v) is 4.85. The molecule has 0 bridgehead atoms. The lowest BCUT2D eigenvalue weighted by Crippen LogP contribution is -2.49. The minimum atomic E-state index is -2.84. The molecule has 0 amide bonds. The van der Waals surface area contributed by atoms with Gasteiger partial charge in [0.2, 0.25) is 0 Å². The first-order valence-corrected chi connectivity index (χ1v) is 9.03. The minimum absolute atomic E-state index is 0. The summed E-state index contributed by atoms with van der Waals surface area (Å²) in [5.41, 5.74) is 1.06. The lowest BCUT2D eigenvalue weighted by molar-refractivity contribution is -0.0514. The molecule has 26 heavy (non-hydrogen) atoms. The highest BCUT2D eigenvalue weighted by Gasteiger charge is 2.28. The molecule has 0 saturated carbocycles. The number of piperazine rings is 1. The molecule has 5 nitrogen and oxygen atoms in total. The van der Waals surface area contributed by atoms with Crippen LogP contribution in [-0.2, 0) is 6.54 Å². The number of halogens is 3. The molecule has 1 aromatic carbocycles. The van der Waals surface area contributed by atoms with Crippen LogP contribution in [0, 0.1) is 0 Å². The fourth-order valence-corrected chi connectivity index (χ4v) is 3.67. The third-order valence-electron chi connectivity index (χ3n) is 4.85. The van der Waals surface area contributed by atoms with Gasteiger partial charge >= 0.3 is 6.61 Å². The van der Waals surface area contributed by atoms with E-state index in [2.05, 4.69) is 19.9 Å². The van der Waals surface area contributed by atoms with Gasteiger partial charge in [-0.3, -0.25) is 9.80 Å². The Morgan fingerprint density at radius 1 is 1.19 bits per heavy atom. The van der Waals surface area contributed by atoms with Crippen LogP contribution in [-0.4, -0.2) is 68.3 Å². The van der Waals surface area contributed by atoms with Gasteiger partial charge in [0.1, 0.15) is 0 Å². The SMILES string of the molecule is CCOc1cc(CN2CCC(N3CCNCC3)C2)ccc1OC(F)F.Cl. The van der Waals surface area contributed by atoms with Gasteiger partial charge in [0.25, 0.3) is 0 Å². The number of hydrogen-bond acceptors (Lipinski definition) is 5. The number of nitrogens with zero attached hydrogens (tertiary/aromatic N) is 2. The second-order valence-electron chi connectivity index (χ2n) is 6.56. The largest absolute Gasteiger partial charge is 0.490 e. The standard InChI is InChI=1S/C18H27F2N3O2.ClH/c1-2-24-17-11-14(3-4-16(17)25-18(19)20)12-22-8-5-15(13-22)23-9-6-21-7-10-23;/h3-4,11,15,18,21H,2,5-10,12-13H2,1H3;1H. The van der Waals surface area contributed by atoms with Crippen molar-refractivity contribution in [3.05, 3.63) is 23.8 Å². The second kappa shape index (κ2) is 10.3. The Balaban J connectivity index is 0.00000243. The molecule has 8 heteroatoms. The normalized spacial score (nSPS) is 21.6. The molecule has 2 aliphatic rings. The van der Waals surface area contributed by atoms with Crippen LogP contribution in [0.4, 0.5) is 8.78 Å². The van der Waals surface area contributed by atoms with Crippen molar-refractivity contribution in [3.63, 3.8) is 0 Å². The van der Waals surface area contributed by atoms with Gasteiger partial charge in [0, 0.05) is 51.9 Å². The van der Waals surface area contributed by atoms with Crippen LogP contribution in [0.25, 0.3) is 0 Å². The lowest BCUT2D eigenvalue weighted by atomic mass is 10.2. The summed E-state index contributed by atoms with van der Waals surface area (Å²) in [6.45, 7) is 6.70. The Bertz CT molecular complexity index is 559. The summed E-state index contributed by atoms with van der Waals surface area (Å²) in [4.78, 5) is 4.99. The van der Waals surface area contributed by atoms with Crippen LogP contribution < -0.4 is 14.8 Å². The maximum absolute atomic E-state index is 12.5. The molecular weight excluding hydrogens is 364 g/mol. The van der Waals surface area contributed by atoms with Crippen molar-refractivity contribution in [3.8, 4) is 11.5 Å². The van der Waals surface area contributed by atoms with Crippen LogP contribution in [0.5, 0.6) is 11.5 Å². The van der Waals surface area contributed by atoms with E-state index in [9.17, 15) is 8.78 Å². The molecule has 3 rings (SSSR count). The first-order chi connectivity index (χ1) is 12.2. The van der Waals surface area contributed by atoms with Crippen LogP contribution in [0.15, 0.2) is 18.2 Å².